The molecule has 4 rings (SSSR count). The number of hydrogen-bond donors (Lipinski definition) is 1. The van der Waals surface area contributed by atoms with Crippen LogP contribution in [0.3, 0.4) is 0 Å². The highest BCUT2D eigenvalue weighted by molar-refractivity contribution is 6.46. The predicted molar refractivity (Wildman–Crippen MR) is 117 cm³/mol. The normalized spacial score (nSPS) is 13.8. The fourth-order valence-corrected chi connectivity index (χ4v) is 3.08. The summed E-state index contributed by atoms with van der Waals surface area (Å²) in [6.45, 7) is 0.575. The molecule has 0 unspecified atom stereocenters. The first-order valence-electron chi connectivity index (χ1n) is 9.70. The fraction of sp³-hybridized carbons (Fsp3) is 0.182. The Kier molecular flexibility index (Phi) is 6.88. The lowest BCUT2D eigenvalue weighted by Gasteiger charge is -2.18. The summed E-state index contributed by atoms with van der Waals surface area (Å²) in [6.07, 6.45) is 1.90. The number of aliphatic hydroxyl groups is 1. The summed E-state index contributed by atoms with van der Waals surface area (Å²) in [6, 6.07) is 13.4. The maximum absolute atomic E-state index is 15.1. The van der Waals surface area contributed by atoms with Gasteiger partial charge in [0.2, 0.25) is 11.7 Å². The lowest BCUT2D eigenvalue weighted by Crippen LogP contribution is -2.24. The number of rotatable bonds is 7. The Labute approximate surface area is 188 Å². The maximum atomic E-state index is 15.1. The van der Waals surface area contributed by atoms with E-state index in [9.17, 15) is 5.11 Å². The first-order valence-corrected chi connectivity index (χ1v) is 10.1. The molecule has 1 aromatic heterocycles. The Morgan fingerprint density at radius 1 is 1.06 bits per heavy atom. The highest BCUT2D eigenvalue weighted by Crippen LogP contribution is 2.33. The number of halogens is 2. The molecular weight excluding hydrogens is 439 g/mol. The van der Waals surface area contributed by atoms with Crippen molar-refractivity contribution in [3.63, 3.8) is 0 Å². The van der Waals surface area contributed by atoms with E-state index < -0.39 is 12.5 Å². The zero-order valence-corrected chi connectivity index (χ0v) is 17.5. The molecule has 0 saturated heterocycles. The summed E-state index contributed by atoms with van der Waals surface area (Å²) in [4.78, 5) is 16.1. The number of aromatic nitrogens is 2. The summed E-state index contributed by atoms with van der Waals surface area (Å²) < 4.78 is 31.9. The quantitative estimate of drug-likeness (QED) is 0.529. The Hall–Kier alpha value is -3.56. The molecule has 164 valence electrons. The van der Waals surface area contributed by atoms with Crippen molar-refractivity contribution in [2.75, 3.05) is 19.9 Å². The molecule has 0 saturated carbocycles. The molecule has 0 fully saturated rings. The van der Waals surface area contributed by atoms with Crippen molar-refractivity contribution in [1.82, 2.24) is 9.97 Å². The van der Waals surface area contributed by atoms with Gasteiger partial charge in [-0.2, -0.15) is 14.4 Å². The van der Waals surface area contributed by atoms with Gasteiger partial charge in [0, 0.05) is 18.5 Å². The van der Waals surface area contributed by atoms with Gasteiger partial charge in [-0.05, 0) is 24.3 Å². The SMILES string of the molecule is OCN=C(C1=NCCCO1)c1ccccc1Oc1ncnc(Oc2ccccc2Cl)c1F. The largest absolute Gasteiger partial charge is 0.476 e. The van der Waals surface area contributed by atoms with Gasteiger partial charge in [0.1, 0.15) is 30.3 Å². The van der Waals surface area contributed by atoms with Gasteiger partial charge in [-0.15, -0.1) is 0 Å². The second-order valence-corrected chi connectivity index (χ2v) is 6.87. The molecule has 1 aliphatic heterocycles. The average Bonchev–Trinajstić information content (AvgIpc) is 2.82. The third kappa shape index (κ3) is 4.84. The molecule has 0 atom stereocenters. The third-order valence-corrected chi connectivity index (χ3v) is 4.66. The molecule has 2 heterocycles. The molecule has 1 N–H and O–H groups in total. The maximum Gasteiger partial charge on any atom is 0.263 e. The van der Waals surface area contributed by atoms with E-state index in [2.05, 4.69) is 20.0 Å². The van der Waals surface area contributed by atoms with E-state index >= 15 is 4.39 Å². The highest BCUT2D eigenvalue weighted by Gasteiger charge is 2.22. The van der Waals surface area contributed by atoms with E-state index in [1.807, 2.05) is 0 Å². The Morgan fingerprint density at radius 2 is 1.75 bits per heavy atom. The average molecular weight is 457 g/mol. The number of para-hydroxylation sites is 2. The van der Waals surface area contributed by atoms with E-state index in [-0.39, 0.29) is 29.2 Å². The van der Waals surface area contributed by atoms with Crippen molar-refractivity contribution < 1.29 is 23.7 Å². The molecule has 10 heteroatoms. The number of hydrogen-bond acceptors (Lipinski definition) is 8. The van der Waals surface area contributed by atoms with E-state index in [0.717, 1.165) is 12.7 Å². The molecule has 0 bridgehead atoms. The summed E-state index contributed by atoms with van der Waals surface area (Å²) in [5, 5.41) is 9.71. The minimum atomic E-state index is -0.908. The van der Waals surface area contributed by atoms with Crippen LogP contribution in [0.1, 0.15) is 12.0 Å². The van der Waals surface area contributed by atoms with E-state index in [1.165, 1.54) is 0 Å². The number of aliphatic hydroxyl groups excluding tert-OH is 1. The predicted octanol–water partition coefficient (Wildman–Crippen LogP) is 4.41. The van der Waals surface area contributed by atoms with Gasteiger partial charge < -0.3 is 19.3 Å². The topological polar surface area (TPSA) is 98.4 Å². The molecule has 2 aromatic carbocycles. The van der Waals surface area contributed by atoms with Gasteiger partial charge in [-0.3, -0.25) is 4.99 Å². The van der Waals surface area contributed by atoms with Crippen molar-refractivity contribution in [3.05, 3.63) is 71.3 Å². The summed E-state index contributed by atoms with van der Waals surface area (Å²) in [7, 11) is 0. The van der Waals surface area contributed by atoms with Crippen molar-refractivity contribution in [1.29, 1.82) is 0 Å². The number of aliphatic imine (C=N–C) groups is 2. The van der Waals surface area contributed by atoms with Crippen LogP contribution in [0.25, 0.3) is 0 Å². The summed E-state index contributed by atoms with van der Waals surface area (Å²) in [5.41, 5.74) is 0.749. The number of benzene rings is 2. The second-order valence-electron chi connectivity index (χ2n) is 6.47. The lowest BCUT2D eigenvalue weighted by atomic mass is 10.1. The van der Waals surface area contributed by atoms with Crippen molar-refractivity contribution >= 4 is 23.2 Å². The fourth-order valence-electron chi connectivity index (χ4n) is 2.91. The Morgan fingerprint density at radius 3 is 2.44 bits per heavy atom. The van der Waals surface area contributed by atoms with Crippen LogP contribution in [0.15, 0.2) is 64.8 Å². The second kappa shape index (κ2) is 10.2. The van der Waals surface area contributed by atoms with Crippen LogP contribution in [-0.4, -0.2) is 46.6 Å². The molecular formula is C22H18ClFN4O4. The van der Waals surface area contributed by atoms with Crippen LogP contribution < -0.4 is 9.47 Å². The molecule has 1 aliphatic rings. The van der Waals surface area contributed by atoms with Crippen molar-refractivity contribution in [3.8, 4) is 23.3 Å². The zero-order chi connectivity index (χ0) is 22.3. The van der Waals surface area contributed by atoms with Crippen LogP contribution >= 0.6 is 11.6 Å². The summed E-state index contributed by atoms with van der Waals surface area (Å²) in [5.74, 6) is -0.851. The molecule has 0 spiro atoms. The highest BCUT2D eigenvalue weighted by atomic mass is 35.5. The van der Waals surface area contributed by atoms with E-state index in [4.69, 9.17) is 25.8 Å². The van der Waals surface area contributed by atoms with Gasteiger partial charge in [-0.1, -0.05) is 35.9 Å². The van der Waals surface area contributed by atoms with E-state index in [0.29, 0.717) is 29.4 Å². The molecule has 0 aliphatic carbocycles. The van der Waals surface area contributed by atoms with Gasteiger partial charge in [0.15, 0.2) is 0 Å². The standard InChI is InChI=1S/C22H18ClFN4O4/c23-15-7-2-4-9-17(15)32-21-18(24)20(26-12-27-21)31-16-8-3-1-6-14(16)19(28-13-29)22-25-10-5-11-30-22/h1-4,6-9,12,29H,5,10-11,13H2. The van der Waals surface area contributed by atoms with Gasteiger partial charge in [0.05, 0.1) is 11.6 Å². The molecule has 3 aromatic rings. The smallest absolute Gasteiger partial charge is 0.263 e. The van der Waals surface area contributed by atoms with E-state index in [1.54, 1.807) is 48.5 Å². The Balaban J connectivity index is 1.66. The third-order valence-electron chi connectivity index (χ3n) is 4.35. The van der Waals surface area contributed by atoms with Crippen LogP contribution in [-0.2, 0) is 4.74 Å². The molecule has 8 nitrogen and oxygen atoms in total. The first kappa shape index (κ1) is 21.7. The number of ether oxygens (including phenoxy) is 3. The zero-order valence-electron chi connectivity index (χ0n) is 16.7. The molecule has 0 amide bonds. The van der Waals surface area contributed by atoms with Crippen LogP contribution in [0, 0.1) is 5.82 Å². The van der Waals surface area contributed by atoms with Gasteiger partial charge in [-0.25, -0.2) is 4.99 Å². The first-order chi connectivity index (χ1) is 15.7. The Bertz CT molecular complexity index is 1170. The van der Waals surface area contributed by atoms with Crippen LogP contribution in [0.2, 0.25) is 5.02 Å². The van der Waals surface area contributed by atoms with Crippen molar-refractivity contribution in [2.45, 2.75) is 6.42 Å². The van der Waals surface area contributed by atoms with Crippen molar-refractivity contribution in [2.24, 2.45) is 9.98 Å². The van der Waals surface area contributed by atoms with Gasteiger partial charge in [0.25, 0.3) is 11.8 Å². The van der Waals surface area contributed by atoms with Crippen LogP contribution in [0.5, 0.6) is 23.3 Å². The van der Waals surface area contributed by atoms with Gasteiger partial charge >= 0.3 is 0 Å². The number of nitrogens with zero attached hydrogens (tertiary/aromatic N) is 4. The minimum Gasteiger partial charge on any atom is -0.476 e. The lowest BCUT2D eigenvalue weighted by molar-refractivity contribution is 0.286. The summed E-state index contributed by atoms with van der Waals surface area (Å²) >= 11 is 6.08. The molecule has 32 heavy (non-hydrogen) atoms. The monoisotopic (exact) mass is 456 g/mol. The molecule has 0 radical (unpaired) electrons. The minimum absolute atomic E-state index is 0.234. The van der Waals surface area contributed by atoms with Crippen LogP contribution in [0.4, 0.5) is 4.39 Å².